The zero-order valence-electron chi connectivity index (χ0n) is 18.5. The first-order valence-corrected chi connectivity index (χ1v) is 12.0. The molecule has 0 radical (unpaired) electrons. The van der Waals surface area contributed by atoms with Crippen LogP contribution in [0.3, 0.4) is 0 Å². The van der Waals surface area contributed by atoms with Gasteiger partial charge in [-0.1, -0.05) is 12.1 Å². The zero-order chi connectivity index (χ0) is 24.7. The molecule has 2 aromatic heterocycles. The van der Waals surface area contributed by atoms with Gasteiger partial charge in [0.1, 0.15) is 18.4 Å². The zero-order valence-corrected chi connectivity index (χ0v) is 19.3. The highest BCUT2D eigenvalue weighted by Gasteiger charge is 2.27. The van der Waals surface area contributed by atoms with Crippen molar-refractivity contribution in [3.05, 3.63) is 90.9 Å². The van der Waals surface area contributed by atoms with Crippen molar-refractivity contribution in [2.45, 2.75) is 17.9 Å². The minimum absolute atomic E-state index is 0.00957. The van der Waals surface area contributed by atoms with Crippen molar-refractivity contribution in [1.82, 2.24) is 24.5 Å². The number of ether oxygens (including phenoxy) is 1. The molecule has 0 fully saturated rings. The fraction of sp³-hybridized carbons (Fsp3) is 0.174. The van der Waals surface area contributed by atoms with Gasteiger partial charge in [-0.3, -0.25) is 10.0 Å². The van der Waals surface area contributed by atoms with E-state index in [9.17, 15) is 13.2 Å². The second-order valence-corrected chi connectivity index (χ2v) is 9.45. The molecular formula is C23H23N5O6S. The smallest absolute Gasteiger partial charge is 0.258 e. The van der Waals surface area contributed by atoms with Crippen molar-refractivity contribution in [2.75, 3.05) is 13.2 Å². The summed E-state index contributed by atoms with van der Waals surface area (Å²) in [5.41, 5.74) is 3.87. The SMILES string of the molecule is O=C(CN(Cc1ccc(-n2cncn2)cc1)S(=O)(=O)c1ccc(OCCc2ccoc2)cc1)NO. The van der Waals surface area contributed by atoms with Gasteiger partial charge in [0.2, 0.25) is 10.0 Å². The van der Waals surface area contributed by atoms with Gasteiger partial charge < -0.3 is 9.15 Å². The summed E-state index contributed by atoms with van der Waals surface area (Å²) in [6, 6.07) is 14.8. The lowest BCUT2D eigenvalue weighted by atomic mass is 10.2. The average molecular weight is 498 g/mol. The van der Waals surface area contributed by atoms with Crippen LogP contribution in [0.25, 0.3) is 5.69 Å². The van der Waals surface area contributed by atoms with Crippen molar-refractivity contribution in [1.29, 1.82) is 0 Å². The topological polar surface area (TPSA) is 140 Å². The monoisotopic (exact) mass is 497 g/mol. The van der Waals surface area contributed by atoms with E-state index in [4.69, 9.17) is 14.4 Å². The third-order valence-corrected chi connectivity index (χ3v) is 6.93. The van der Waals surface area contributed by atoms with Gasteiger partial charge >= 0.3 is 0 Å². The highest BCUT2D eigenvalue weighted by Crippen LogP contribution is 2.22. The summed E-state index contributed by atoms with van der Waals surface area (Å²) < 4.78 is 39.9. The predicted molar refractivity (Wildman–Crippen MR) is 123 cm³/mol. The molecule has 2 N–H and O–H groups in total. The van der Waals surface area contributed by atoms with Gasteiger partial charge in [0.15, 0.2) is 0 Å². The van der Waals surface area contributed by atoms with Gasteiger partial charge in [0.05, 0.1) is 36.3 Å². The number of aromatic nitrogens is 3. The molecule has 11 nitrogen and oxygen atoms in total. The maximum absolute atomic E-state index is 13.3. The highest BCUT2D eigenvalue weighted by atomic mass is 32.2. The molecule has 4 aromatic rings. The van der Waals surface area contributed by atoms with E-state index in [0.717, 1.165) is 15.6 Å². The number of rotatable bonds is 11. The van der Waals surface area contributed by atoms with Crippen LogP contribution in [0.5, 0.6) is 5.75 Å². The summed E-state index contributed by atoms with van der Waals surface area (Å²) in [4.78, 5) is 15.7. The van der Waals surface area contributed by atoms with Gasteiger partial charge in [-0.15, -0.1) is 0 Å². The molecule has 0 unspecified atom stereocenters. The van der Waals surface area contributed by atoms with Crippen LogP contribution >= 0.6 is 0 Å². The number of nitrogens with zero attached hydrogens (tertiary/aromatic N) is 4. The third kappa shape index (κ3) is 6.12. The van der Waals surface area contributed by atoms with E-state index in [1.54, 1.807) is 59.9 Å². The van der Waals surface area contributed by atoms with Crippen molar-refractivity contribution >= 4 is 15.9 Å². The first kappa shape index (κ1) is 24.1. The van der Waals surface area contributed by atoms with E-state index in [1.165, 1.54) is 23.9 Å². The molecule has 4 rings (SSSR count). The Morgan fingerprint density at radius 2 is 1.86 bits per heavy atom. The number of benzene rings is 2. The average Bonchev–Trinajstić information content (AvgIpc) is 3.59. The van der Waals surface area contributed by atoms with Gasteiger partial charge in [0.25, 0.3) is 5.91 Å². The summed E-state index contributed by atoms with van der Waals surface area (Å²) in [6.07, 6.45) is 6.82. The molecule has 182 valence electrons. The molecule has 1 amide bonds. The van der Waals surface area contributed by atoms with Crippen LogP contribution in [0.15, 0.2) is 89.1 Å². The standard InChI is InChI=1S/C23H23N5O6S/c29-23(26-30)14-27(13-18-1-3-20(4-2-18)28-17-24-16-25-28)35(31,32)22-7-5-21(6-8-22)34-12-10-19-9-11-33-15-19/h1-9,11,15-17,30H,10,12-14H2,(H,26,29). The molecule has 0 saturated heterocycles. The second-order valence-electron chi connectivity index (χ2n) is 7.52. The molecule has 0 aliphatic rings. The summed E-state index contributed by atoms with van der Waals surface area (Å²) in [5, 5.41) is 13.0. The van der Waals surface area contributed by atoms with Crippen LogP contribution in [-0.2, 0) is 27.8 Å². The molecule has 12 heteroatoms. The van der Waals surface area contributed by atoms with Gasteiger partial charge in [0, 0.05) is 13.0 Å². The maximum atomic E-state index is 13.3. The van der Waals surface area contributed by atoms with Crippen molar-refractivity contribution in [3.8, 4) is 11.4 Å². The molecule has 0 aliphatic heterocycles. The molecule has 35 heavy (non-hydrogen) atoms. The van der Waals surface area contributed by atoms with E-state index in [0.29, 0.717) is 24.3 Å². The van der Waals surface area contributed by atoms with E-state index >= 15 is 0 Å². The number of furan rings is 1. The minimum atomic E-state index is -4.06. The first-order chi connectivity index (χ1) is 17.0. The largest absolute Gasteiger partial charge is 0.493 e. The van der Waals surface area contributed by atoms with E-state index < -0.39 is 22.5 Å². The van der Waals surface area contributed by atoms with Crippen LogP contribution < -0.4 is 10.2 Å². The van der Waals surface area contributed by atoms with Crippen LogP contribution in [0.2, 0.25) is 0 Å². The van der Waals surface area contributed by atoms with E-state index in [-0.39, 0.29) is 11.4 Å². The van der Waals surface area contributed by atoms with Crippen molar-refractivity contribution < 1.29 is 27.6 Å². The van der Waals surface area contributed by atoms with Crippen molar-refractivity contribution in [2.24, 2.45) is 0 Å². The summed E-state index contributed by atoms with van der Waals surface area (Å²) >= 11 is 0. The highest BCUT2D eigenvalue weighted by molar-refractivity contribution is 7.89. The molecule has 2 aromatic carbocycles. The molecule has 0 bridgehead atoms. The number of hydrogen-bond donors (Lipinski definition) is 2. The van der Waals surface area contributed by atoms with E-state index in [2.05, 4.69) is 10.1 Å². The summed E-state index contributed by atoms with van der Waals surface area (Å²) in [7, 11) is -4.06. The Hall–Kier alpha value is -4.00. The van der Waals surface area contributed by atoms with Crippen LogP contribution in [-0.4, -0.2) is 51.8 Å². The Morgan fingerprint density at radius 1 is 1.09 bits per heavy atom. The molecule has 0 spiro atoms. The van der Waals surface area contributed by atoms with E-state index in [1.807, 2.05) is 6.07 Å². The van der Waals surface area contributed by atoms with Crippen LogP contribution in [0.1, 0.15) is 11.1 Å². The second kappa shape index (κ2) is 11.0. The molecule has 2 heterocycles. The fourth-order valence-corrected chi connectivity index (χ4v) is 4.68. The van der Waals surface area contributed by atoms with Gasteiger partial charge in [-0.2, -0.15) is 9.40 Å². The molecule has 0 aliphatic carbocycles. The normalized spacial score (nSPS) is 11.5. The Labute approximate surface area is 201 Å². The number of carbonyl (C=O) groups excluding carboxylic acids is 1. The molecule has 0 atom stereocenters. The number of sulfonamides is 1. The number of hydroxylamine groups is 1. The lowest BCUT2D eigenvalue weighted by Crippen LogP contribution is -2.39. The predicted octanol–water partition coefficient (Wildman–Crippen LogP) is 2.18. The number of nitrogens with one attached hydrogen (secondary N) is 1. The Balaban J connectivity index is 1.47. The molecular weight excluding hydrogens is 474 g/mol. The quantitative estimate of drug-likeness (QED) is 0.237. The van der Waals surface area contributed by atoms with Gasteiger partial charge in [-0.05, 0) is 53.6 Å². The maximum Gasteiger partial charge on any atom is 0.258 e. The summed E-state index contributed by atoms with van der Waals surface area (Å²) in [5.74, 6) is -0.345. The molecule has 0 saturated carbocycles. The number of amides is 1. The third-order valence-electron chi connectivity index (χ3n) is 5.12. The van der Waals surface area contributed by atoms with Crippen molar-refractivity contribution in [3.63, 3.8) is 0 Å². The Morgan fingerprint density at radius 3 is 2.49 bits per heavy atom. The Bertz CT molecular complexity index is 1320. The van der Waals surface area contributed by atoms with Crippen LogP contribution in [0.4, 0.5) is 0 Å². The lowest BCUT2D eigenvalue weighted by molar-refractivity contribution is -0.129. The Kier molecular flexibility index (Phi) is 7.55. The summed E-state index contributed by atoms with van der Waals surface area (Å²) in [6.45, 7) is -0.248. The minimum Gasteiger partial charge on any atom is -0.493 e. The van der Waals surface area contributed by atoms with Crippen LogP contribution in [0, 0.1) is 0 Å². The fourth-order valence-electron chi connectivity index (χ4n) is 3.30. The van der Waals surface area contributed by atoms with Gasteiger partial charge in [-0.25, -0.2) is 23.6 Å². The number of carbonyl (C=O) groups is 1. The lowest BCUT2D eigenvalue weighted by Gasteiger charge is -2.21. The first-order valence-electron chi connectivity index (χ1n) is 10.6. The number of hydrogen-bond acceptors (Lipinski definition) is 8.